The van der Waals surface area contributed by atoms with Crippen molar-refractivity contribution >= 4 is 12.2 Å². The molecule has 2 amide bonds. The van der Waals surface area contributed by atoms with Crippen molar-refractivity contribution in [3.8, 4) is 16.9 Å². The zero-order valence-corrected chi connectivity index (χ0v) is 18.4. The summed E-state index contributed by atoms with van der Waals surface area (Å²) in [7, 11) is 1.16. The third-order valence-electron chi connectivity index (χ3n) is 4.65. The third kappa shape index (κ3) is 5.84. The summed E-state index contributed by atoms with van der Waals surface area (Å²) in [5.41, 5.74) is 1.55. The first-order valence-corrected chi connectivity index (χ1v) is 10.00. The lowest BCUT2D eigenvalue weighted by atomic mass is 9.87. The van der Waals surface area contributed by atoms with Gasteiger partial charge in [0.05, 0.1) is 7.11 Å². The molecule has 0 radical (unpaired) electrons. The highest BCUT2D eigenvalue weighted by molar-refractivity contribution is 5.87. The van der Waals surface area contributed by atoms with Gasteiger partial charge in [0.1, 0.15) is 18.4 Å². The Balaban J connectivity index is 1.86. The number of hydrogen-bond donors (Lipinski definition) is 1. The molecule has 9 heteroatoms. The number of methoxy groups -OCH3 is 1. The van der Waals surface area contributed by atoms with E-state index in [0.717, 1.165) is 18.2 Å². The number of amides is 2. The van der Waals surface area contributed by atoms with Gasteiger partial charge in [-0.3, -0.25) is 0 Å². The molecule has 0 aliphatic heterocycles. The second kappa shape index (κ2) is 9.95. The average Bonchev–Trinajstić information content (AvgIpc) is 3.31. The van der Waals surface area contributed by atoms with E-state index in [2.05, 4.69) is 14.8 Å². The van der Waals surface area contributed by atoms with Crippen molar-refractivity contribution in [1.82, 2.24) is 20.1 Å². The number of ether oxygens (including phenoxy) is 3. The molecule has 3 rings (SSSR count). The number of imide groups is 1. The van der Waals surface area contributed by atoms with E-state index in [1.165, 1.54) is 17.3 Å². The molecule has 1 aromatic heterocycles. The number of hydrogen-bond acceptors (Lipinski definition) is 7. The summed E-state index contributed by atoms with van der Waals surface area (Å²) in [5.74, 6) is 0.552. The van der Waals surface area contributed by atoms with Crippen LogP contribution < -0.4 is 10.1 Å². The molecular formula is C23H26N4O5. The fourth-order valence-corrected chi connectivity index (χ4v) is 3.04. The van der Waals surface area contributed by atoms with Crippen molar-refractivity contribution in [1.29, 1.82) is 0 Å². The molecule has 1 heterocycles. The fourth-order valence-electron chi connectivity index (χ4n) is 3.04. The van der Waals surface area contributed by atoms with Crippen LogP contribution in [-0.4, -0.2) is 40.2 Å². The van der Waals surface area contributed by atoms with Gasteiger partial charge >= 0.3 is 12.2 Å². The summed E-state index contributed by atoms with van der Waals surface area (Å²) in [6.45, 7) is 5.65. The smallest absolute Gasteiger partial charge is 0.417 e. The molecule has 2 atom stereocenters. The van der Waals surface area contributed by atoms with Crippen LogP contribution in [0.3, 0.4) is 0 Å². The van der Waals surface area contributed by atoms with Crippen molar-refractivity contribution in [3.63, 3.8) is 0 Å². The van der Waals surface area contributed by atoms with Crippen LogP contribution >= 0.6 is 0 Å². The molecule has 0 spiro atoms. The molecule has 9 nitrogen and oxygen atoms in total. The zero-order chi connectivity index (χ0) is 23.1. The van der Waals surface area contributed by atoms with E-state index < -0.39 is 29.9 Å². The first kappa shape index (κ1) is 22.8. The van der Waals surface area contributed by atoms with E-state index >= 15 is 0 Å². The van der Waals surface area contributed by atoms with E-state index in [-0.39, 0.29) is 0 Å². The quantitative estimate of drug-likeness (QED) is 0.607. The standard InChI is InChI=1S/C23H26N4O5/c1-23(2,3)19(32-22(29)26-21(28)30-4)20(27-15-24-14-25-27)31-18-12-10-17(11-13-18)16-8-6-5-7-9-16/h5-15,19-20H,1-4H3,(H,26,28,29). The average molecular weight is 438 g/mol. The Kier molecular flexibility index (Phi) is 7.09. The lowest BCUT2D eigenvalue weighted by Crippen LogP contribution is -2.45. The van der Waals surface area contributed by atoms with Gasteiger partial charge in [-0.25, -0.2) is 24.6 Å². The van der Waals surface area contributed by atoms with Crippen molar-refractivity contribution < 1.29 is 23.8 Å². The molecule has 3 aromatic rings. The number of nitrogens with zero attached hydrogens (tertiary/aromatic N) is 3. The largest absolute Gasteiger partial charge is 0.465 e. The number of nitrogens with one attached hydrogen (secondary N) is 1. The number of rotatable bonds is 6. The van der Waals surface area contributed by atoms with Crippen LogP contribution in [0.25, 0.3) is 11.1 Å². The van der Waals surface area contributed by atoms with Crippen LogP contribution in [0, 0.1) is 5.41 Å². The Bertz CT molecular complexity index is 1010. The minimum Gasteiger partial charge on any atom is -0.465 e. The molecule has 2 unspecified atom stereocenters. The van der Waals surface area contributed by atoms with E-state index in [9.17, 15) is 9.59 Å². The predicted molar refractivity (Wildman–Crippen MR) is 117 cm³/mol. The number of aromatic nitrogens is 3. The first-order valence-electron chi connectivity index (χ1n) is 10.00. The molecule has 168 valence electrons. The van der Waals surface area contributed by atoms with Crippen LogP contribution in [0.1, 0.15) is 27.0 Å². The topological polar surface area (TPSA) is 105 Å². The van der Waals surface area contributed by atoms with Gasteiger partial charge in [-0.05, 0) is 23.3 Å². The van der Waals surface area contributed by atoms with Gasteiger partial charge in [0, 0.05) is 5.41 Å². The van der Waals surface area contributed by atoms with Crippen LogP contribution in [-0.2, 0) is 9.47 Å². The highest BCUT2D eigenvalue weighted by atomic mass is 16.6. The SMILES string of the molecule is COC(=O)NC(=O)OC(C(Oc1ccc(-c2ccccc2)cc1)n1cncn1)C(C)(C)C. The number of carbonyl (C=O) groups is 2. The highest BCUT2D eigenvalue weighted by Gasteiger charge is 2.39. The molecule has 2 aromatic carbocycles. The fraction of sp³-hybridized carbons (Fsp3) is 0.304. The maximum Gasteiger partial charge on any atom is 0.417 e. The molecule has 32 heavy (non-hydrogen) atoms. The van der Waals surface area contributed by atoms with Gasteiger partial charge in [0.25, 0.3) is 0 Å². The van der Waals surface area contributed by atoms with E-state index in [1.54, 1.807) is 0 Å². The minimum atomic E-state index is -0.954. The molecule has 0 bridgehead atoms. The van der Waals surface area contributed by atoms with E-state index in [0.29, 0.717) is 5.75 Å². The summed E-state index contributed by atoms with van der Waals surface area (Å²) in [5, 5.41) is 6.17. The monoisotopic (exact) mass is 438 g/mol. The van der Waals surface area contributed by atoms with Gasteiger partial charge in [0.2, 0.25) is 6.23 Å². The van der Waals surface area contributed by atoms with Crippen LogP contribution in [0.15, 0.2) is 67.3 Å². The second-order valence-corrected chi connectivity index (χ2v) is 8.08. The van der Waals surface area contributed by atoms with Crippen molar-refractivity contribution in [3.05, 3.63) is 67.3 Å². The molecule has 0 saturated heterocycles. The molecule has 0 aliphatic rings. The van der Waals surface area contributed by atoms with Crippen molar-refractivity contribution in [2.24, 2.45) is 5.41 Å². The maximum absolute atomic E-state index is 12.3. The number of benzene rings is 2. The van der Waals surface area contributed by atoms with Gasteiger partial charge < -0.3 is 14.2 Å². The summed E-state index contributed by atoms with van der Waals surface area (Å²) >= 11 is 0. The lowest BCUT2D eigenvalue weighted by molar-refractivity contribution is -0.0790. The second-order valence-electron chi connectivity index (χ2n) is 8.08. The Morgan fingerprint density at radius 1 is 0.969 bits per heavy atom. The van der Waals surface area contributed by atoms with Crippen LogP contribution in [0.2, 0.25) is 0 Å². The van der Waals surface area contributed by atoms with E-state index in [1.807, 2.05) is 80.7 Å². The lowest BCUT2D eigenvalue weighted by Gasteiger charge is -2.35. The van der Waals surface area contributed by atoms with Gasteiger partial charge in [-0.2, -0.15) is 5.10 Å². The number of alkyl carbamates (subject to hydrolysis) is 2. The Morgan fingerprint density at radius 3 is 2.19 bits per heavy atom. The summed E-state index contributed by atoms with van der Waals surface area (Å²) in [6, 6.07) is 17.5. The van der Waals surface area contributed by atoms with E-state index in [4.69, 9.17) is 9.47 Å². The molecule has 0 fully saturated rings. The summed E-state index contributed by atoms with van der Waals surface area (Å²) in [6.07, 6.45) is -0.708. The predicted octanol–water partition coefficient (Wildman–Crippen LogP) is 4.43. The minimum absolute atomic E-state index is 0.552. The summed E-state index contributed by atoms with van der Waals surface area (Å²) in [4.78, 5) is 27.6. The van der Waals surface area contributed by atoms with Crippen molar-refractivity contribution in [2.45, 2.75) is 33.1 Å². The van der Waals surface area contributed by atoms with Gasteiger partial charge in [0.15, 0.2) is 6.10 Å². The van der Waals surface area contributed by atoms with Crippen molar-refractivity contribution in [2.75, 3.05) is 7.11 Å². The normalized spacial score (nSPS) is 13.0. The Hall–Kier alpha value is -3.88. The van der Waals surface area contributed by atoms with Crippen LogP contribution in [0.4, 0.5) is 9.59 Å². The van der Waals surface area contributed by atoms with Gasteiger partial charge in [-0.15, -0.1) is 0 Å². The Labute approximate surface area is 186 Å². The van der Waals surface area contributed by atoms with Gasteiger partial charge in [-0.1, -0.05) is 63.2 Å². The summed E-state index contributed by atoms with van der Waals surface area (Å²) < 4.78 is 17.7. The maximum atomic E-state index is 12.3. The molecule has 1 N–H and O–H groups in total. The zero-order valence-electron chi connectivity index (χ0n) is 18.4. The Morgan fingerprint density at radius 2 is 1.62 bits per heavy atom. The molecule has 0 saturated carbocycles. The highest BCUT2D eigenvalue weighted by Crippen LogP contribution is 2.33. The number of carbonyl (C=O) groups excluding carboxylic acids is 2. The molecular weight excluding hydrogens is 412 g/mol. The first-order chi connectivity index (χ1) is 15.3. The van der Waals surface area contributed by atoms with Crippen LogP contribution in [0.5, 0.6) is 5.75 Å². The third-order valence-corrected chi connectivity index (χ3v) is 4.65. The molecule has 0 aliphatic carbocycles.